The fourth-order valence-electron chi connectivity index (χ4n) is 2.33. The summed E-state index contributed by atoms with van der Waals surface area (Å²) >= 11 is 0. The van der Waals surface area contributed by atoms with Crippen LogP contribution in [0.4, 0.5) is 23.2 Å². The molecule has 2 rings (SSSR count). The molecule has 4 nitrogen and oxygen atoms in total. The Balaban J connectivity index is 2.20. The average molecular weight is 368 g/mol. The number of nitrogens with zero attached hydrogens (tertiary/aromatic N) is 1. The lowest BCUT2D eigenvalue weighted by atomic mass is 10.1. The van der Waals surface area contributed by atoms with Crippen molar-refractivity contribution in [3.63, 3.8) is 0 Å². The lowest BCUT2D eigenvalue weighted by Crippen LogP contribution is -2.30. The molecular weight excluding hydrogens is 352 g/mol. The Kier molecular flexibility index (Phi) is 5.97. The molecule has 0 fully saturated rings. The molecule has 0 aliphatic carbocycles. The first-order valence-corrected chi connectivity index (χ1v) is 7.83. The third-order valence-electron chi connectivity index (χ3n) is 3.79. The van der Waals surface area contributed by atoms with Crippen LogP contribution >= 0.6 is 0 Å². The van der Waals surface area contributed by atoms with E-state index in [-0.39, 0.29) is 17.7 Å². The zero-order chi connectivity index (χ0) is 19.4. The summed E-state index contributed by atoms with van der Waals surface area (Å²) < 4.78 is 53.0. The van der Waals surface area contributed by atoms with Gasteiger partial charge < -0.3 is 10.2 Å². The van der Waals surface area contributed by atoms with Crippen LogP contribution in [0, 0.1) is 23.3 Å². The molecule has 2 aromatic rings. The molecule has 0 saturated carbocycles. The molecule has 138 valence electrons. The standard InChI is InChI=1S/C18H16F4N2O2/c1-3-24(4-2)18(26)10-5-7-11(8-6-10)23-17(25)12-9-13(19)15(21)16(22)14(12)20/h5-9H,3-4H2,1-2H3,(H,23,25). The van der Waals surface area contributed by atoms with Gasteiger partial charge in [-0.1, -0.05) is 0 Å². The Morgan fingerprint density at radius 3 is 2.04 bits per heavy atom. The van der Waals surface area contributed by atoms with Gasteiger partial charge in [0.1, 0.15) is 0 Å². The van der Waals surface area contributed by atoms with E-state index in [1.54, 1.807) is 4.90 Å². The zero-order valence-electron chi connectivity index (χ0n) is 14.1. The number of carbonyl (C=O) groups excluding carboxylic acids is 2. The SMILES string of the molecule is CCN(CC)C(=O)c1ccc(NC(=O)c2cc(F)c(F)c(F)c2F)cc1. The first-order valence-electron chi connectivity index (χ1n) is 7.83. The van der Waals surface area contributed by atoms with Crippen molar-refractivity contribution in [3.05, 3.63) is 64.7 Å². The van der Waals surface area contributed by atoms with Gasteiger partial charge in [0.2, 0.25) is 0 Å². The van der Waals surface area contributed by atoms with E-state index in [9.17, 15) is 27.2 Å². The van der Waals surface area contributed by atoms with Gasteiger partial charge in [-0.15, -0.1) is 0 Å². The first kappa shape index (κ1) is 19.4. The third kappa shape index (κ3) is 3.84. The van der Waals surface area contributed by atoms with Crippen LogP contribution in [0.25, 0.3) is 0 Å². The lowest BCUT2D eigenvalue weighted by Gasteiger charge is -2.18. The van der Waals surface area contributed by atoms with Crippen molar-refractivity contribution in [2.45, 2.75) is 13.8 Å². The molecule has 0 spiro atoms. The monoisotopic (exact) mass is 368 g/mol. The Hall–Kier alpha value is -2.90. The molecule has 0 unspecified atom stereocenters. The summed E-state index contributed by atoms with van der Waals surface area (Å²) in [4.78, 5) is 25.8. The van der Waals surface area contributed by atoms with Crippen molar-refractivity contribution in [1.29, 1.82) is 0 Å². The molecule has 2 amide bonds. The van der Waals surface area contributed by atoms with Gasteiger partial charge in [-0.25, -0.2) is 17.6 Å². The molecule has 0 aliphatic heterocycles. The van der Waals surface area contributed by atoms with E-state index in [1.807, 2.05) is 13.8 Å². The van der Waals surface area contributed by atoms with Gasteiger partial charge in [-0.3, -0.25) is 9.59 Å². The molecule has 1 N–H and O–H groups in total. The fraction of sp³-hybridized carbons (Fsp3) is 0.222. The van der Waals surface area contributed by atoms with Gasteiger partial charge in [0.25, 0.3) is 11.8 Å². The number of hydrogen-bond donors (Lipinski definition) is 1. The second-order valence-electron chi connectivity index (χ2n) is 5.36. The minimum atomic E-state index is -2.06. The predicted molar refractivity (Wildman–Crippen MR) is 87.9 cm³/mol. The van der Waals surface area contributed by atoms with Crippen LogP contribution in [-0.2, 0) is 0 Å². The Labute approximate surface area is 147 Å². The molecular formula is C18H16F4N2O2. The first-order chi connectivity index (χ1) is 12.3. The van der Waals surface area contributed by atoms with E-state index < -0.39 is 34.7 Å². The second kappa shape index (κ2) is 7.99. The van der Waals surface area contributed by atoms with Crippen molar-refractivity contribution in [1.82, 2.24) is 4.90 Å². The summed E-state index contributed by atoms with van der Waals surface area (Å²) in [5.41, 5.74) is -0.405. The number of halogens is 4. The van der Waals surface area contributed by atoms with E-state index in [2.05, 4.69) is 5.32 Å². The van der Waals surface area contributed by atoms with Crippen LogP contribution in [0.2, 0.25) is 0 Å². The molecule has 0 radical (unpaired) electrons. The highest BCUT2D eigenvalue weighted by atomic mass is 19.2. The average Bonchev–Trinajstić information content (AvgIpc) is 2.64. The lowest BCUT2D eigenvalue weighted by molar-refractivity contribution is 0.0773. The van der Waals surface area contributed by atoms with Crippen molar-refractivity contribution >= 4 is 17.5 Å². The normalized spacial score (nSPS) is 10.5. The van der Waals surface area contributed by atoms with E-state index >= 15 is 0 Å². The van der Waals surface area contributed by atoms with Gasteiger partial charge in [-0.2, -0.15) is 0 Å². The summed E-state index contributed by atoms with van der Waals surface area (Å²) in [6.45, 7) is 4.75. The van der Waals surface area contributed by atoms with Crippen LogP contribution in [0.15, 0.2) is 30.3 Å². The molecule has 0 aromatic heterocycles. The van der Waals surface area contributed by atoms with E-state index in [0.717, 1.165) is 0 Å². The number of rotatable bonds is 5. The largest absolute Gasteiger partial charge is 0.339 e. The van der Waals surface area contributed by atoms with Crippen molar-refractivity contribution in [3.8, 4) is 0 Å². The topological polar surface area (TPSA) is 49.4 Å². The van der Waals surface area contributed by atoms with Crippen LogP contribution in [0.3, 0.4) is 0 Å². The molecule has 26 heavy (non-hydrogen) atoms. The van der Waals surface area contributed by atoms with Crippen LogP contribution in [-0.4, -0.2) is 29.8 Å². The number of carbonyl (C=O) groups is 2. The highest BCUT2D eigenvalue weighted by Gasteiger charge is 2.23. The van der Waals surface area contributed by atoms with Gasteiger partial charge in [-0.05, 0) is 44.2 Å². The van der Waals surface area contributed by atoms with Crippen molar-refractivity contribution < 1.29 is 27.2 Å². The van der Waals surface area contributed by atoms with Gasteiger partial charge in [0.15, 0.2) is 23.3 Å². The number of hydrogen-bond acceptors (Lipinski definition) is 2. The summed E-state index contributed by atoms with van der Waals surface area (Å²) in [6, 6.07) is 5.98. The van der Waals surface area contributed by atoms with Crippen LogP contribution in [0.5, 0.6) is 0 Å². The predicted octanol–water partition coefficient (Wildman–Crippen LogP) is 3.98. The third-order valence-corrected chi connectivity index (χ3v) is 3.79. The van der Waals surface area contributed by atoms with Gasteiger partial charge in [0.05, 0.1) is 5.56 Å². The summed E-state index contributed by atoms with van der Waals surface area (Å²) in [7, 11) is 0. The Morgan fingerprint density at radius 1 is 0.923 bits per heavy atom. The summed E-state index contributed by atoms with van der Waals surface area (Å²) in [5, 5.41) is 2.24. The van der Waals surface area contributed by atoms with E-state index in [4.69, 9.17) is 0 Å². The van der Waals surface area contributed by atoms with E-state index in [1.165, 1.54) is 24.3 Å². The number of nitrogens with one attached hydrogen (secondary N) is 1. The van der Waals surface area contributed by atoms with Crippen LogP contribution in [0.1, 0.15) is 34.6 Å². The second-order valence-corrected chi connectivity index (χ2v) is 5.36. The quantitative estimate of drug-likeness (QED) is 0.493. The van der Waals surface area contributed by atoms with E-state index in [0.29, 0.717) is 18.7 Å². The summed E-state index contributed by atoms with van der Waals surface area (Å²) in [5.74, 6) is -8.85. The number of benzene rings is 2. The minimum absolute atomic E-state index is 0.177. The zero-order valence-corrected chi connectivity index (χ0v) is 14.1. The summed E-state index contributed by atoms with van der Waals surface area (Å²) in [6.07, 6.45) is 0. The van der Waals surface area contributed by atoms with Crippen molar-refractivity contribution in [2.75, 3.05) is 18.4 Å². The molecule has 0 atom stereocenters. The smallest absolute Gasteiger partial charge is 0.258 e. The molecule has 2 aromatic carbocycles. The maximum absolute atomic E-state index is 13.6. The maximum Gasteiger partial charge on any atom is 0.258 e. The Morgan fingerprint density at radius 2 is 1.50 bits per heavy atom. The molecule has 0 heterocycles. The Bertz CT molecular complexity index is 834. The minimum Gasteiger partial charge on any atom is -0.339 e. The number of amides is 2. The highest BCUT2D eigenvalue weighted by molar-refractivity contribution is 6.04. The molecule has 8 heteroatoms. The number of anilines is 1. The van der Waals surface area contributed by atoms with Gasteiger partial charge in [0, 0.05) is 24.3 Å². The van der Waals surface area contributed by atoms with Crippen molar-refractivity contribution in [2.24, 2.45) is 0 Å². The molecule has 0 aliphatic rings. The highest BCUT2D eigenvalue weighted by Crippen LogP contribution is 2.20. The molecule has 0 bridgehead atoms. The molecule has 0 saturated heterocycles. The fourth-order valence-corrected chi connectivity index (χ4v) is 2.33. The van der Waals surface area contributed by atoms with Crippen LogP contribution < -0.4 is 5.32 Å². The maximum atomic E-state index is 13.6. The van der Waals surface area contributed by atoms with Gasteiger partial charge >= 0.3 is 0 Å².